The zero-order valence-electron chi connectivity index (χ0n) is 25.6. The van der Waals surface area contributed by atoms with E-state index in [1.165, 1.54) is 55.5 Å². The van der Waals surface area contributed by atoms with Crippen LogP contribution in [-0.4, -0.2) is 81.8 Å². The highest BCUT2D eigenvalue weighted by molar-refractivity contribution is 7.88. The Kier molecular flexibility index (Phi) is 9.22. The summed E-state index contributed by atoms with van der Waals surface area (Å²) in [6.45, 7) is 0.780. The average Bonchev–Trinajstić information content (AvgIpc) is 3.55. The van der Waals surface area contributed by atoms with Crippen molar-refractivity contribution in [1.82, 2.24) is 29.4 Å². The van der Waals surface area contributed by atoms with Crippen molar-refractivity contribution < 1.29 is 46.5 Å². The summed E-state index contributed by atoms with van der Waals surface area (Å²) in [5.74, 6) is -0.499. The minimum atomic E-state index is -4.46. The normalized spacial score (nSPS) is 25.3. The van der Waals surface area contributed by atoms with Gasteiger partial charge in [-0.2, -0.15) is 5.09 Å². The number of benzene rings is 2. The fraction of sp³-hybridized carbons (Fsp3) is 0.357. The molecule has 4 heterocycles. The Morgan fingerprint density at radius 1 is 1.19 bits per heavy atom. The molecule has 256 valence electrons. The number of sulfonamides is 1. The number of halogens is 1. The van der Waals surface area contributed by atoms with Crippen LogP contribution in [0, 0.1) is 0 Å². The first-order valence-electron chi connectivity index (χ1n) is 14.3. The van der Waals surface area contributed by atoms with Crippen LogP contribution < -0.4 is 19.5 Å². The second kappa shape index (κ2) is 13.0. The number of hydrogen-bond acceptors (Lipinski definition) is 14. The molecule has 6 rings (SSSR count). The van der Waals surface area contributed by atoms with Gasteiger partial charge in [-0.15, -0.1) is 4.83 Å². The van der Waals surface area contributed by atoms with Crippen LogP contribution in [-0.2, 0) is 40.0 Å². The van der Waals surface area contributed by atoms with E-state index in [2.05, 4.69) is 24.9 Å². The molecule has 48 heavy (non-hydrogen) atoms. The predicted molar refractivity (Wildman–Crippen MR) is 170 cm³/mol. The molecule has 1 fully saturated rings. The van der Waals surface area contributed by atoms with Gasteiger partial charge in [-0.3, -0.25) is 14.1 Å². The standard InChI is InChI=1S/C28H31ClN7O10PS/c1-28(39)23(37)20(45-27(28)36-15-32-22-24(30-14-31-25(22)36)35(2)34-48(3,41)42)13-44-47(40,46-18-10-8-17(29)9-11-18)33-21-19-7-5-4-6-16(19)12-43-26(21)38/h4-11,14-15,20-21,23,27,34,37,39H,12-13H2,1-3H3,(H,33,40)/t20?,21?,23-,27?,28-,47?/m1/s1. The van der Waals surface area contributed by atoms with Crippen LogP contribution >= 0.6 is 19.3 Å². The maximum atomic E-state index is 14.3. The van der Waals surface area contributed by atoms with Crippen LogP contribution in [0.25, 0.3) is 11.2 Å². The number of aliphatic hydroxyl groups excluding tert-OH is 1. The molecule has 0 amide bonds. The Balaban J connectivity index is 1.26. The smallest absolute Gasteiger partial charge is 0.459 e. The summed E-state index contributed by atoms with van der Waals surface area (Å²) in [6.07, 6.45) is -0.752. The molecular formula is C28H31ClN7O10PS. The van der Waals surface area contributed by atoms with E-state index in [1.54, 1.807) is 24.3 Å². The number of rotatable bonds is 11. The van der Waals surface area contributed by atoms with Crippen molar-refractivity contribution in [2.45, 2.75) is 43.6 Å². The van der Waals surface area contributed by atoms with Crippen molar-refractivity contribution in [3.05, 3.63) is 77.3 Å². The van der Waals surface area contributed by atoms with E-state index in [4.69, 9.17) is 30.1 Å². The molecule has 4 N–H and O–H groups in total. The monoisotopic (exact) mass is 723 g/mol. The summed E-state index contributed by atoms with van der Waals surface area (Å²) < 4.78 is 62.1. The number of ether oxygens (including phenoxy) is 2. The first kappa shape index (κ1) is 34.2. The number of fused-ring (bicyclic) bond motifs is 2. The Labute approximate surface area is 279 Å². The molecule has 2 aliphatic rings. The minimum Gasteiger partial charge on any atom is -0.459 e. The second-order valence-corrected chi connectivity index (χ2v) is 15.2. The van der Waals surface area contributed by atoms with Gasteiger partial charge in [0.05, 0.1) is 19.2 Å². The average molecular weight is 724 g/mol. The van der Waals surface area contributed by atoms with Gasteiger partial charge >= 0.3 is 13.7 Å². The summed E-state index contributed by atoms with van der Waals surface area (Å²) >= 11 is 6.00. The number of anilines is 1. The highest BCUT2D eigenvalue weighted by atomic mass is 35.5. The molecule has 4 unspecified atom stereocenters. The lowest BCUT2D eigenvalue weighted by Crippen LogP contribution is -2.44. The third kappa shape index (κ3) is 6.89. The van der Waals surface area contributed by atoms with E-state index in [1.807, 2.05) is 0 Å². The summed E-state index contributed by atoms with van der Waals surface area (Å²) in [5.41, 5.74) is -0.449. The number of imidazole rings is 1. The number of nitrogens with one attached hydrogen (secondary N) is 2. The second-order valence-electron chi connectivity index (χ2n) is 11.3. The maximum Gasteiger partial charge on any atom is 0.459 e. The van der Waals surface area contributed by atoms with Gasteiger partial charge in [0.1, 0.15) is 42.5 Å². The van der Waals surface area contributed by atoms with Crippen LogP contribution in [0.3, 0.4) is 0 Å². The summed E-state index contributed by atoms with van der Waals surface area (Å²) in [4.78, 5) is 27.8. The molecule has 1 saturated heterocycles. The Bertz CT molecular complexity index is 2000. The Morgan fingerprint density at radius 3 is 2.65 bits per heavy atom. The number of hydrazine groups is 1. The van der Waals surface area contributed by atoms with E-state index < -0.39 is 60.4 Å². The van der Waals surface area contributed by atoms with Crippen molar-refractivity contribution in [3.8, 4) is 5.75 Å². The molecule has 6 atom stereocenters. The van der Waals surface area contributed by atoms with Gasteiger partial charge in [-0.25, -0.2) is 32.7 Å². The van der Waals surface area contributed by atoms with Crippen LogP contribution in [0.4, 0.5) is 5.82 Å². The predicted octanol–water partition coefficient (Wildman–Crippen LogP) is 1.98. The molecule has 2 aromatic carbocycles. The van der Waals surface area contributed by atoms with Crippen LogP contribution in [0.1, 0.15) is 30.3 Å². The lowest BCUT2D eigenvalue weighted by atomic mass is 9.96. The SMILES string of the molecule is CN(NS(C)(=O)=O)c1ncnc2c1ncn2C1OC(COP(=O)(NC2C(=O)OCc3ccccc32)Oc2ccc(Cl)cc2)[C@@H](O)[C@@]1(C)O. The molecule has 4 aromatic rings. The third-order valence-corrected chi connectivity index (χ3v) is 10.0. The van der Waals surface area contributed by atoms with Gasteiger partial charge in [0, 0.05) is 12.1 Å². The van der Waals surface area contributed by atoms with Gasteiger partial charge < -0.3 is 24.2 Å². The lowest BCUT2D eigenvalue weighted by Gasteiger charge is -2.29. The highest BCUT2D eigenvalue weighted by Gasteiger charge is 2.54. The van der Waals surface area contributed by atoms with Crippen LogP contribution in [0.2, 0.25) is 5.02 Å². The zero-order chi connectivity index (χ0) is 34.4. The van der Waals surface area contributed by atoms with E-state index >= 15 is 0 Å². The summed E-state index contributed by atoms with van der Waals surface area (Å²) in [6, 6.07) is 11.7. The molecule has 2 aromatic heterocycles. The minimum absolute atomic E-state index is 0.0365. The quantitative estimate of drug-likeness (QED) is 0.0989. The highest BCUT2D eigenvalue weighted by Crippen LogP contribution is 2.49. The summed E-state index contributed by atoms with van der Waals surface area (Å²) in [5, 5.41) is 26.8. The third-order valence-electron chi connectivity index (χ3n) is 7.67. The number of aromatic nitrogens is 4. The number of cyclic esters (lactones) is 1. The number of nitrogens with zero attached hydrogens (tertiary/aromatic N) is 5. The van der Waals surface area contributed by atoms with Crippen molar-refractivity contribution >= 4 is 52.3 Å². The summed E-state index contributed by atoms with van der Waals surface area (Å²) in [7, 11) is -6.69. The lowest BCUT2D eigenvalue weighted by molar-refractivity contribution is -0.149. The van der Waals surface area contributed by atoms with Crippen molar-refractivity contribution in [2.75, 3.05) is 24.9 Å². The number of esters is 1. The van der Waals surface area contributed by atoms with Crippen molar-refractivity contribution in [3.63, 3.8) is 0 Å². The molecule has 17 nitrogen and oxygen atoms in total. The van der Waals surface area contributed by atoms with Crippen molar-refractivity contribution in [2.24, 2.45) is 0 Å². The largest absolute Gasteiger partial charge is 0.459 e. The van der Waals surface area contributed by atoms with E-state index in [-0.39, 0.29) is 29.3 Å². The molecule has 0 aliphatic carbocycles. The molecule has 0 bridgehead atoms. The number of carbonyl (C=O) groups excluding carboxylic acids is 1. The van der Waals surface area contributed by atoms with Gasteiger partial charge in [0.25, 0.3) is 0 Å². The van der Waals surface area contributed by atoms with E-state index in [0.717, 1.165) is 11.3 Å². The molecule has 0 saturated carbocycles. The molecular weight excluding hydrogens is 693 g/mol. The van der Waals surface area contributed by atoms with Crippen molar-refractivity contribution in [1.29, 1.82) is 0 Å². The van der Waals surface area contributed by atoms with Crippen LogP contribution in [0.15, 0.2) is 61.2 Å². The maximum absolute atomic E-state index is 14.3. The van der Waals surface area contributed by atoms with Gasteiger partial charge in [0.2, 0.25) is 10.0 Å². The topological polar surface area (TPSA) is 217 Å². The van der Waals surface area contributed by atoms with Gasteiger partial charge in [-0.05, 0) is 42.3 Å². The number of aliphatic hydroxyl groups is 2. The zero-order valence-corrected chi connectivity index (χ0v) is 28.1. The van der Waals surface area contributed by atoms with E-state index in [9.17, 15) is 28.0 Å². The van der Waals surface area contributed by atoms with Gasteiger partial charge in [-0.1, -0.05) is 35.9 Å². The first-order valence-corrected chi connectivity index (χ1v) is 18.1. The molecule has 0 spiro atoms. The van der Waals surface area contributed by atoms with Gasteiger partial charge in [0.15, 0.2) is 23.2 Å². The van der Waals surface area contributed by atoms with Crippen LogP contribution in [0.5, 0.6) is 5.75 Å². The fourth-order valence-corrected chi connectivity index (χ4v) is 7.60. The molecule has 0 radical (unpaired) electrons. The number of hydrogen-bond donors (Lipinski definition) is 4. The fourth-order valence-electron chi connectivity index (χ4n) is 5.41. The first-order chi connectivity index (χ1) is 22.6. The Hall–Kier alpha value is -3.71. The Morgan fingerprint density at radius 2 is 1.92 bits per heavy atom. The van der Waals surface area contributed by atoms with E-state index in [0.29, 0.717) is 16.1 Å². The molecule has 20 heteroatoms. The molecule has 2 aliphatic heterocycles. The number of carbonyl (C=O) groups is 1.